The first kappa shape index (κ1) is 17.6. The molecule has 6 heteroatoms. The molecule has 0 heterocycles. The lowest BCUT2D eigenvalue weighted by atomic mass is 10.1. The Balaban J connectivity index is 2.01. The van der Waals surface area contributed by atoms with Crippen molar-refractivity contribution in [1.29, 1.82) is 0 Å². The topological polar surface area (TPSA) is 55.4 Å². The number of halogens is 2. The summed E-state index contributed by atoms with van der Waals surface area (Å²) in [6.07, 6.45) is -0.335. The molecule has 1 atom stereocenters. The second kappa shape index (κ2) is 7.68. The normalized spacial score (nSPS) is 11.7. The molecule has 0 radical (unpaired) electrons. The molecule has 4 nitrogen and oxygen atoms in total. The first-order chi connectivity index (χ1) is 11.4. The van der Waals surface area contributed by atoms with Gasteiger partial charge < -0.3 is 10.1 Å². The van der Waals surface area contributed by atoms with Gasteiger partial charge in [-0.15, -0.1) is 0 Å². The third-order valence-corrected chi connectivity index (χ3v) is 3.45. The van der Waals surface area contributed by atoms with Gasteiger partial charge in [0.2, 0.25) is 0 Å². The number of carbonyl (C=O) groups is 2. The Morgan fingerprint density at radius 1 is 1.08 bits per heavy atom. The third kappa shape index (κ3) is 4.16. The Kier molecular flexibility index (Phi) is 5.63. The van der Waals surface area contributed by atoms with E-state index in [4.69, 9.17) is 4.74 Å². The average Bonchev–Trinajstić information content (AvgIpc) is 2.55. The molecule has 1 amide bonds. The van der Waals surface area contributed by atoms with Crippen molar-refractivity contribution in [2.45, 2.75) is 26.4 Å². The first-order valence-corrected chi connectivity index (χ1v) is 7.47. The zero-order chi connectivity index (χ0) is 17.7. The van der Waals surface area contributed by atoms with Crippen LogP contribution in [0.1, 0.15) is 29.8 Å². The number of amides is 1. The van der Waals surface area contributed by atoms with Crippen molar-refractivity contribution in [3.8, 4) is 0 Å². The number of carbonyl (C=O) groups excluding carboxylic acids is 2. The molecule has 0 bridgehead atoms. The van der Waals surface area contributed by atoms with E-state index in [1.54, 1.807) is 12.1 Å². The summed E-state index contributed by atoms with van der Waals surface area (Å²) in [6.45, 7) is 3.34. The van der Waals surface area contributed by atoms with Gasteiger partial charge in [-0.05, 0) is 43.2 Å². The van der Waals surface area contributed by atoms with E-state index in [0.717, 1.165) is 30.2 Å². The van der Waals surface area contributed by atoms with Gasteiger partial charge in [-0.1, -0.05) is 25.1 Å². The molecule has 0 aromatic heterocycles. The molecule has 2 aromatic carbocycles. The van der Waals surface area contributed by atoms with Gasteiger partial charge in [0.15, 0.2) is 6.10 Å². The van der Waals surface area contributed by atoms with E-state index in [1.165, 1.54) is 6.92 Å². The van der Waals surface area contributed by atoms with Crippen LogP contribution in [0, 0.1) is 11.6 Å². The van der Waals surface area contributed by atoms with Gasteiger partial charge in [0.25, 0.3) is 5.91 Å². The van der Waals surface area contributed by atoms with Gasteiger partial charge >= 0.3 is 5.97 Å². The minimum absolute atomic E-state index is 0.539. The lowest BCUT2D eigenvalue weighted by molar-refractivity contribution is -0.123. The predicted molar refractivity (Wildman–Crippen MR) is 85.7 cm³/mol. The van der Waals surface area contributed by atoms with Gasteiger partial charge in [0, 0.05) is 5.69 Å². The Labute approximate surface area is 138 Å². The highest BCUT2D eigenvalue weighted by Crippen LogP contribution is 2.15. The van der Waals surface area contributed by atoms with Crippen molar-refractivity contribution < 1.29 is 23.1 Å². The van der Waals surface area contributed by atoms with Crippen LogP contribution in [-0.4, -0.2) is 18.0 Å². The molecule has 0 saturated heterocycles. The quantitative estimate of drug-likeness (QED) is 0.849. The van der Waals surface area contributed by atoms with Crippen molar-refractivity contribution in [2.75, 3.05) is 5.32 Å². The fourth-order valence-electron chi connectivity index (χ4n) is 2.03. The fraction of sp³-hybridized carbons (Fsp3) is 0.222. The maximum atomic E-state index is 13.5. The Bertz CT molecular complexity index is 724. The highest BCUT2D eigenvalue weighted by molar-refractivity contribution is 5.97. The number of benzene rings is 2. The Morgan fingerprint density at radius 3 is 2.21 bits per heavy atom. The zero-order valence-corrected chi connectivity index (χ0v) is 13.3. The first-order valence-electron chi connectivity index (χ1n) is 7.47. The maximum absolute atomic E-state index is 13.5. The van der Waals surface area contributed by atoms with Gasteiger partial charge in [-0.25, -0.2) is 13.6 Å². The van der Waals surface area contributed by atoms with Crippen molar-refractivity contribution in [3.05, 3.63) is 65.2 Å². The number of hydrogen-bond donors (Lipinski definition) is 1. The smallest absolute Gasteiger partial charge is 0.344 e. The zero-order valence-electron chi connectivity index (χ0n) is 13.3. The average molecular weight is 333 g/mol. The molecule has 0 fully saturated rings. The Hall–Kier alpha value is -2.76. The van der Waals surface area contributed by atoms with E-state index in [-0.39, 0.29) is 0 Å². The molecule has 0 aliphatic rings. The summed E-state index contributed by atoms with van der Waals surface area (Å²) < 4.78 is 31.9. The highest BCUT2D eigenvalue weighted by Gasteiger charge is 2.24. The monoisotopic (exact) mass is 333 g/mol. The Morgan fingerprint density at radius 2 is 1.67 bits per heavy atom. The molecule has 0 aliphatic carbocycles. The largest absolute Gasteiger partial charge is 0.449 e. The van der Waals surface area contributed by atoms with Crippen LogP contribution in [0.15, 0.2) is 42.5 Å². The van der Waals surface area contributed by atoms with Crippen LogP contribution in [0.2, 0.25) is 0 Å². The van der Waals surface area contributed by atoms with E-state index in [2.05, 4.69) is 5.32 Å². The molecule has 0 unspecified atom stereocenters. The lowest BCUT2D eigenvalue weighted by Crippen LogP contribution is -2.30. The summed E-state index contributed by atoms with van der Waals surface area (Å²) in [4.78, 5) is 23.9. The third-order valence-electron chi connectivity index (χ3n) is 3.45. The summed E-state index contributed by atoms with van der Waals surface area (Å²) in [6, 6.07) is 10.2. The van der Waals surface area contributed by atoms with E-state index in [1.807, 2.05) is 19.1 Å². The molecule has 2 aromatic rings. The number of aryl methyl sites for hydroxylation is 1. The number of anilines is 1. The van der Waals surface area contributed by atoms with Gasteiger partial charge in [0.05, 0.1) is 0 Å². The van der Waals surface area contributed by atoms with Crippen LogP contribution in [0.25, 0.3) is 0 Å². The summed E-state index contributed by atoms with van der Waals surface area (Å²) in [5, 5.41) is 2.58. The van der Waals surface area contributed by atoms with Crippen molar-refractivity contribution in [2.24, 2.45) is 0 Å². The maximum Gasteiger partial charge on any atom is 0.344 e. The van der Waals surface area contributed by atoms with Gasteiger partial charge in [-0.2, -0.15) is 0 Å². The van der Waals surface area contributed by atoms with Crippen molar-refractivity contribution in [1.82, 2.24) is 0 Å². The fourth-order valence-corrected chi connectivity index (χ4v) is 2.03. The molecule has 126 valence electrons. The summed E-state index contributed by atoms with van der Waals surface area (Å²) in [5.74, 6) is -3.90. The minimum Gasteiger partial charge on any atom is -0.449 e. The van der Waals surface area contributed by atoms with Gasteiger partial charge in [0.1, 0.15) is 17.2 Å². The second-order valence-corrected chi connectivity index (χ2v) is 5.18. The molecule has 0 saturated carbocycles. The van der Waals surface area contributed by atoms with Crippen LogP contribution in [-0.2, 0) is 16.0 Å². The molecule has 2 rings (SSSR count). The van der Waals surface area contributed by atoms with Crippen LogP contribution in [0.3, 0.4) is 0 Å². The van der Waals surface area contributed by atoms with Crippen LogP contribution >= 0.6 is 0 Å². The van der Waals surface area contributed by atoms with Gasteiger partial charge in [-0.3, -0.25) is 4.79 Å². The van der Waals surface area contributed by atoms with Crippen LogP contribution in [0.4, 0.5) is 14.5 Å². The van der Waals surface area contributed by atoms with E-state index < -0.39 is 35.2 Å². The standard InChI is InChI=1S/C18H17F2NO3/c1-3-12-7-9-13(10-8-12)21-17(22)11(2)24-18(23)16-14(19)5-4-6-15(16)20/h4-11H,3H2,1-2H3,(H,21,22)/t11-/m0/s1. The molecule has 0 aliphatic heterocycles. The summed E-state index contributed by atoms with van der Waals surface area (Å²) in [5.41, 5.74) is 0.837. The predicted octanol–water partition coefficient (Wildman–Crippen LogP) is 3.71. The van der Waals surface area contributed by atoms with Crippen molar-refractivity contribution >= 4 is 17.6 Å². The molecule has 1 N–H and O–H groups in total. The number of ether oxygens (including phenoxy) is 1. The second-order valence-electron chi connectivity index (χ2n) is 5.18. The molecular weight excluding hydrogens is 316 g/mol. The van der Waals surface area contributed by atoms with Crippen molar-refractivity contribution in [3.63, 3.8) is 0 Å². The van der Waals surface area contributed by atoms with E-state index >= 15 is 0 Å². The molecule has 0 spiro atoms. The number of hydrogen-bond acceptors (Lipinski definition) is 3. The van der Waals surface area contributed by atoms with Crippen LogP contribution < -0.4 is 5.32 Å². The van der Waals surface area contributed by atoms with E-state index in [9.17, 15) is 18.4 Å². The summed E-state index contributed by atoms with van der Waals surface area (Å²) in [7, 11) is 0. The minimum atomic E-state index is -1.23. The number of nitrogens with one attached hydrogen (secondary N) is 1. The SMILES string of the molecule is CCc1ccc(NC(=O)[C@H](C)OC(=O)c2c(F)cccc2F)cc1. The molecule has 24 heavy (non-hydrogen) atoms. The van der Waals surface area contributed by atoms with Crippen LogP contribution in [0.5, 0.6) is 0 Å². The number of rotatable bonds is 5. The summed E-state index contributed by atoms with van der Waals surface area (Å²) >= 11 is 0. The molecular formula is C18H17F2NO3. The number of esters is 1. The lowest BCUT2D eigenvalue weighted by Gasteiger charge is -2.14. The highest BCUT2D eigenvalue weighted by atomic mass is 19.1. The van der Waals surface area contributed by atoms with E-state index in [0.29, 0.717) is 5.69 Å².